The molecule has 0 fully saturated rings. The standard InChI is InChI=1S/C10H9N3OS/c1-13-7-12-9(6-10(13)14)15-8-4-2-3-5-11-8/h2-7H,1H3. The van der Waals surface area contributed by atoms with Gasteiger partial charge in [-0.2, -0.15) is 0 Å². The minimum Gasteiger partial charge on any atom is -0.302 e. The molecule has 0 spiro atoms. The fraction of sp³-hybridized carbons (Fsp3) is 0.100. The van der Waals surface area contributed by atoms with Gasteiger partial charge in [0.2, 0.25) is 0 Å². The highest BCUT2D eigenvalue weighted by Gasteiger charge is 2.00. The molecule has 0 atom stereocenters. The Kier molecular flexibility index (Phi) is 2.82. The van der Waals surface area contributed by atoms with E-state index < -0.39 is 0 Å². The van der Waals surface area contributed by atoms with Crippen molar-refractivity contribution in [1.82, 2.24) is 14.5 Å². The fourth-order valence-electron chi connectivity index (χ4n) is 1.02. The Morgan fingerprint density at radius 2 is 2.13 bits per heavy atom. The molecule has 0 saturated carbocycles. The Balaban J connectivity index is 2.26. The van der Waals surface area contributed by atoms with E-state index in [1.54, 1.807) is 13.2 Å². The van der Waals surface area contributed by atoms with Crippen LogP contribution in [0.5, 0.6) is 0 Å². The van der Waals surface area contributed by atoms with Crippen molar-refractivity contribution in [3.8, 4) is 0 Å². The van der Waals surface area contributed by atoms with Crippen LogP contribution in [0.1, 0.15) is 0 Å². The van der Waals surface area contributed by atoms with Gasteiger partial charge in [-0.1, -0.05) is 6.07 Å². The summed E-state index contributed by atoms with van der Waals surface area (Å²) in [5.41, 5.74) is -0.0663. The van der Waals surface area contributed by atoms with Crippen molar-refractivity contribution in [3.05, 3.63) is 47.1 Å². The highest BCUT2D eigenvalue weighted by atomic mass is 32.2. The smallest absolute Gasteiger partial charge is 0.254 e. The van der Waals surface area contributed by atoms with Crippen molar-refractivity contribution in [2.75, 3.05) is 0 Å². The van der Waals surface area contributed by atoms with Gasteiger partial charge in [0.15, 0.2) is 0 Å². The predicted octanol–water partition coefficient (Wildman–Crippen LogP) is 1.33. The Morgan fingerprint density at radius 3 is 2.80 bits per heavy atom. The largest absolute Gasteiger partial charge is 0.302 e. The summed E-state index contributed by atoms with van der Waals surface area (Å²) in [6, 6.07) is 7.13. The lowest BCUT2D eigenvalue weighted by Crippen LogP contribution is -2.15. The molecule has 0 bridgehead atoms. The molecule has 0 radical (unpaired) electrons. The predicted molar refractivity (Wildman–Crippen MR) is 57.8 cm³/mol. The van der Waals surface area contributed by atoms with Gasteiger partial charge in [-0.25, -0.2) is 9.97 Å². The molecule has 0 saturated heterocycles. The third-order valence-corrected chi connectivity index (χ3v) is 2.68. The summed E-state index contributed by atoms with van der Waals surface area (Å²) in [5, 5.41) is 1.50. The third kappa shape index (κ3) is 2.44. The number of hydrogen-bond acceptors (Lipinski definition) is 4. The first-order chi connectivity index (χ1) is 7.25. The monoisotopic (exact) mass is 219 g/mol. The second-order valence-electron chi connectivity index (χ2n) is 2.95. The van der Waals surface area contributed by atoms with Crippen molar-refractivity contribution in [2.24, 2.45) is 7.05 Å². The summed E-state index contributed by atoms with van der Waals surface area (Å²) >= 11 is 1.37. The Morgan fingerprint density at radius 1 is 1.27 bits per heavy atom. The quantitative estimate of drug-likeness (QED) is 0.715. The maximum Gasteiger partial charge on any atom is 0.254 e. The van der Waals surface area contributed by atoms with E-state index in [4.69, 9.17) is 0 Å². The maximum atomic E-state index is 11.3. The Labute approximate surface area is 91.0 Å². The van der Waals surface area contributed by atoms with Crippen LogP contribution in [-0.2, 0) is 7.05 Å². The van der Waals surface area contributed by atoms with Gasteiger partial charge in [-0.05, 0) is 23.9 Å². The second-order valence-corrected chi connectivity index (χ2v) is 3.99. The number of hydrogen-bond donors (Lipinski definition) is 0. The van der Waals surface area contributed by atoms with E-state index in [2.05, 4.69) is 9.97 Å². The molecular weight excluding hydrogens is 210 g/mol. The number of pyridine rings is 1. The van der Waals surface area contributed by atoms with E-state index in [-0.39, 0.29) is 5.56 Å². The molecule has 2 aromatic heterocycles. The molecule has 0 aliphatic rings. The van der Waals surface area contributed by atoms with Crippen LogP contribution in [0, 0.1) is 0 Å². The van der Waals surface area contributed by atoms with Crippen molar-refractivity contribution < 1.29 is 0 Å². The van der Waals surface area contributed by atoms with Gasteiger partial charge in [0.1, 0.15) is 10.1 Å². The zero-order valence-corrected chi connectivity index (χ0v) is 8.94. The normalized spacial score (nSPS) is 10.2. The summed E-state index contributed by atoms with van der Waals surface area (Å²) in [6.45, 7) is 0. The Hall–Kier alpha value is -1.62. The Bertz CT molecular complexity index is 510. The summed E-state index contributed by atoms with van der Waals surface area (Å²) in [5.74, 6) is 0. The van der Waals surface area contributed by atoms with Crippen LogP contribution in [0.4, 0.5) is 0 Å². The van der Waals surface area contributed by atoms with E-state index in [9.17, 15) is 4.79 Å². The first kappa shape index (κ1) is 9.92. The molecule has 2 heterocycles. The van der Waals surface area contributed by atoms with Crippen LogP contribution in [0.25, 0.3) is 0 Å². The summed E-state index contributed by atoms with van der Waals surface area (Å²) in [6.07, 6.45) is 3.22. The van der Waals surface area contributed by atoms with Gasteiger partial charge in [-0.15, -0.1) is 0 Å². The van der Waals surface area contributed by atoms with Crippen molar-refractivity contribution in [2.45, 2.75) is 10.1 Å². The average Bonchev–Trinajstić information content (AvgIpc) is 2.25. The van der Waals surface area contributed by atoms with E-state index >= 15 is 0 Å². The number of rotatable bonds is 2. The minimum atomic E-state index is -0.0663. The lowest BCUT2D eigenvalue weighted by molar-refractivity contribution is 0.797. The van der Waals surface area contributed by atoms with Crippen LogP contribution >= 0.6 is 11.8 Å². The van der Waals surface area contributed by atoms with Crippen molar-refractivity contribution in [1.29, 1.82) is 0 Å². The van der Waals surface area contributed by atoms with Gasteiger partial charge in [0.05, 0.1) is 6.33 Å². The van der Waals surface area contributed by atoms with Crippen LogP contribution < -0.4 is 5.56 Å². The molecule has 4 nitrogen and oxygen atoms in total. The average molecular weight is 219 g/mol. The number of aryl methyl sites for hydroxylation is 1. The lowest BCUT2D eigenvalue weighted by Gasteiger charge is -2.00. The maximum absolute atomic E-state index is 11.3. The van der Waals surface area contributed by atoms with E-state index in [1.807, 2.05) is 18.2 Å². The van der Waals surface area contributed by atoms with Crippen LogP contribution in [0.15, 0.2) is 51.6 Å². The van der Waals surface area contributed by atoms with Gasteiger partial charge in [-0.3, -0.25) is 4.79 Å². The molecule has 0 aliphatic heterocycles. The molecule has 76 valence electrons. The van der Waals surface area contributed by atoms with Gasteiger partial charge < -0.3 is 4.57 Å². The minimum absolute atomic E-state index is 0.0663. The summed E-state index contributed by atoms with van der Waals surface area (Å²) < 4.78 is 1.43. The van der Waals surface area contributed by atoms with Crippen molar-refractivity contribution in [3.63, 3.8) is 0 Å². The first-order valence-corrected chi connectivity index (χ1v) is 5.19. The fourth-order valence-corrected chi connectivity index (χ4v) is 1.75. The topological polar surface area (TPSA) is 47.8 Å². The van der Waals surface area contributed by atoms with E-state index in [0.717, 1.165) is 5.03 Å². The molecular formula is C10H9N3OS. The van der Waals surface area contributed by atoms with Gasteiger partial charge in [0, 0.05) is 19.3 Å². The summed E-state index contributed by atoms with van der Waals surface area (Å²) in [4.78, 5) is 19.6. The number of aromatic nitrogens is 3. The highest BCUT2D eigenvalue weighted by Crippen LogP contribution is 2.21. The van der Waals surface area contributed by atoms with E-state index in [1.165, 1.54) is 28.7 Å². The molecule has 0 aliphatic carbocycles. The van der Waals surface area contributed by atoms with Crippen LogP contribution in [0.2, 0.25) is 0 Å². The molecule has 0 aromatic carbocycles. The van der Waals surface area contributed by atoms with E-state index in [0.29, 0.717) is 5.03 Å². The van der Waals surface area contributed by atoms with Gasteiger partial charge >= 0.3 is 0 Å². The molecule has 0 unspecified atom stereocenters. The zero-order chi connectivity index (χ0) is 10.7. The highest BCUT2D eigenvalue weighted by molar-refractivity contribution is 7.99. The second kappa shape index (κ2) is 4.27. The van der Waals surface area contributed by atoms with Gasteiger partial charge in [0.25, 0.3) is 5.56 Å². The first-order valence-electron chi connectivity index (χ1n) is 4.37. The van der Waals surface area contributed by atoms with Crippen molar-refractivity contribution >= 4 is 11.8 Å². The van der Waals surface area contributed by atoms with Crippen LogP contribution in [-0.4, -0.2) is 14.5 Å². The zero-order valence-electron chi connectivity index (χ0n) is 8.12. The lowest BCUT2D eigenvalue weighted by atomic mass is 10.5. The molecule has 2 rings (SSSR count). The third-order valence-electron chi connectivity index (χ3n) is 1.80. The van der Waals surface area contributed by atoms with Crippen LogP contribution in [0.3, 0.4) is 0 Å². The molecule has 0 amide bonds. The number of nitrogens with zero attached hydrogens (tertiary/aromatic N) is 3. The molecule has 2 aromatic rings. The summed E-state index contributed by atoms with van der Waals surface area (Å²) in [7, 11) is 1.67. The molecule has 0 N–H and O–H groups in total. The molecule has 5 heteroatoms. The molecule has 15 heavy (non-hydrogen) atoms. The SMILES string of the molecule is Cn1cnc(Sc2ccccn2)cc1=O.